The van der Waals surface area contributed by atoms with Crippen molar-refractivity contribution in [3.63, 3.8) is 0 Å². The lowest BCUT2D eigenvalue weighted by Gasteiger charge is -2.22. The van der Waals surface area contributed by atoms with E-state index in [9.17, 15) is 13.6 Å². The summed E-state index contributed by atoms with van der Waals surface area (Å²) in [5.74, 6) is -2.88. The van der Waals surface area contributed by atoms with Crippen molar-refractivity contribution in [2.75, 3.05) is 0 Å². The molecule has 0 amide bonds. The molecule has 0 aromatic heterocycles. The average Bonchev–Trinajstić information content (AvgIpc) is 2.44. The summed E-state index contributed by atoms with van der Waals surface area (Å²) in [6, 6.07) is 7.79. The molecule has 1 N–H and O–H groups in total. The topological polar surface area (TPSA) is 55.8 Å². The van der Waals surface area contributed by atoms with E-state index in [0.29, 0.717) is 4.47 Å². The van der Waals surface area contributed by atoms with Crippen LogP contribution in [0.4, 0.5) is 8.78 Å². The van der Waals surface area contributed by atoms with E-state index < -0.39 is 23.2 Å². The Morgan fingerprint density at radius 3 is 2.26 bits per heavy atom. The monoisotopic (exact) mass is 386 g/mol. The number of carboxylic acid groups (broad SMARTS) is 1. The summed E-state index contributed by atoms with van der Waals surface area (Å²) in [4.78, 5) is 11.0. The molecule has 0 spiro atoms. The van der Waals surface area contributed by atoms with Crippen LogP contribution in [0.5, 0.6) is 17.2 Å². The van der Waals surface area contributed by atoms with E-state index in [1.807, 2.05) is 0 Å². The fourth-order valence-corrected chi connectivity index (χ4v) is 1.96. The van der Waals surface area contributed by atoms with Crippen LogP contribution in [0, 0.1) is 11.6 Å². The van der Waals surface area contributed by atoms with E-state index in [-0.39, 0.29) is 17.2 Å². The summed E-state index contributed by atoms with van der Waals surface area (Å²) < 4.78 is 38.6. The van der Waals surface area contributed by atoms with Gasteiger partial charge in [-0.05, 0) is 44.2 Å². The highest BCUT2D eigenvalue weighted by Gasteiger charge is 2.30. The third-order valence-electron chi connectivity index (χ3n) is 2.91. The molecule has 0 fully saturated rings. The maximum atomic E-state index is 14.0. The van der Waals surface area contributed by atoms with Crippen LogP contribution in [0.2, 0.25) is 0 Å². The number of hydrogen-bond donors (Lipinski definition) is 1. The molecule has 2 aromatic carbocycles. The Bertz CT molecular complexity index is 747. The maximum Gasteiger partial charge on any atom is 0.347 e. The summed E-state index contributed by atoms with van der Waals surface area (Å²) in [5, 5.41) is 8.98. The van der Waals surface area contributed by atoms with Gasteiger partial charge in [0, 0.05) is 10.5 Å². The van der Waals surface area contributed by atoms with Crippen molar-refractivity contribution in [3.8, 4) is 17.2 Å². The van der Waals surface area contributed by atoms with Gasteiger partial charge in [-0.15, -0.1) is 0 Å². The average molecular weight is 387 g/mol. The second kappa shape index (κ2) is 6.54. The van der Waals surface area contributed by atoms with Gasteiger partial charge >= 0.3 is 5.97 Å². The molecule has 23 heavy (non-hydrogen) atoms. The highest BCUT2D eigenvalue weighted by molar-refractivity contribution is 9.10. The molecule has 0 aliphatic rings. The molecule has 2 rings (SSSR count). The third kappa shape index (κ3) is 4.19. The zero-order valence-corrected chi connectivity index (χ0v) is 13.9. The quantitative estimate of drug-likeness (QED) is 0.804. The summed E-state index contributed by atoms with van der Waals surface area (Å²) in [7, 11) is 0. The molecular weight excluding hydrogens is 374 g/mol. The van der Waals surface area contributed by atoms with Crippen LogP contribution in [0.1, 0.15) is 13.8 Å². The van der Waals surface area contributed by atoms with Crippen molar-refractivity contribution in [1.29, 1.82) is 0 Å². The van der Waals surface area contributed by atoms with Gasteiger partial charge in [-0.25, -0.2) is 13.6 Å². The Labute approximate surface area is 139 Å². The molecule has 0 saturated heterocycles. The van der Waals surface area contributed by atoms with E-state index in [0.717, 1.165) is 6.07 Å². The van der Waals surface area contributed by atoms with Gasteiger partial charge in [0.25, 0.3) is 0 Å². The highest BCUT2D eigenvalue weighted by atomic mass is 79.9. The molecule has 0 unspecified atom stereocenters. The van der Waals surface area contributed by atoms with Gasteiger partial charge < -0.3 is 14.6 Å². The number of benzene rings is 2. The standard InChI is InChI=1S/C16H13BrF2O4/c1-16(2,15(20)21)23-14-6-4-10(8-12(14)19)22-13-5-3-9(17)7-11(13)18/h3-8H,1-2H3,(H,20,21). The Morgan fingerprint density at radius 2 is 1.70 bits per heavy atom. The predicted molar refractivity (Wildman–Crippen MR) is 82.9 cm³/mol. The first kappa shape index (κ1) is 17.2. The number of rotatable bonds is 5. The van der Waals surface area contributed by atoms with Crippen molar-refractivity contribution >= 4 is 21.9 Å². The van der Waals surface area contributed by atoms with E-state index in [4.69, 9.17) is 14.6 Å². The number of aliphatic carboxylic acids is 1. The fraction of sp³-hybridized carbons (Fsp3) is 0.188. The largest absolute Gasteiger partial charge is 0.478 e. The third-order valence-corrected chi connectivity index (χ3v) is 3.40. The van der Waals surface area contributed by atoms with E-state index in [1.165, 1.54) is 38.1 Å². The predicted octanol–water partition coefficient (Wildman–Crippen LogP) is 4.76. The summed E-state index contributed by atoms with van der Waals surface area (Å²) >= 11 is 3.12. The van der Waals surface area contributed by atoms with Crippen molar-refractivity contribution in [3.05, 3.63) is 52.5 Å². The molecule has 0 heterocycles. The minimum Gasteiger partial charge on any atom is -0.478 e. The molecule has 4 nitrogen and oxygen atoms in total. The van der Waals surface area contributed by atoms with Crippen molar-refractivity contribution < 1.29 is 28.2 Å². The Hall–Kier alpha value is -2.15. The Morgan fingerprint density at radius 1 is 1.09 bits per heavy atom. The SMILES string of the molecule is CC(C)(Oc1ccc(Oc2ccc(Br)cc2F)cc1F)C(=O)O. The van der Waals surface area contributed by atoms with Crippen LogP contribution in [0.25, 0.3) is 0 Å². The number of ether oxygens (including phenoxy) is 2. The lowest BCUT2D eigenvalue weighted by molar-refractivity contribution is -0.152. The van der Waals surface area contributed by atoms with Crippen LogP contribution in [0.15, 0.2) is 40.9 Å². The second-order valence-electron chi connectivity index (χ2n) is 5.19. The smallest absolute Gasteiger partial charge is 0.347 e. The number of carbonyl (C=O) groups is 1. The van der Waals surface area contributed by atoms with Gasteiger partial charge in [0.15, 0.2) is 28.7 Å². The number of carboxylic acids is 1. The molecule has 0 atom stereocenters. The minimum absolute atomic E-state index is 0.0594. The number of halogens is 3. The van der Waals surface area contributed by atoms with Gasteiger partial charge in [-0.3, -0.25) is 0 Å². The molecule has 0 saturated carbocycles. The van der Waals surface area contributed by atoms with E-state index >= 15 is 0 Å². The summed E-state index contributed by atoms with van der Waals surface area (Å²) in [5.41, 5.74) is -1.58. The first-order valence-corrected chi connectivity index (χ1v) is 7.33. The Balaban J connectivity index is 2.21. The molecular formula is C16H13BrF2O4. The van der Waals surface area contributed by atoms with Crippen LogP contribution in [0.3, 0.4) is 0 Å². The number of hydrogen-bond acceptors (Lipinski definition) is 3. The summed E-state index contributed by atoms with van der Waals surface area (Å²) in [6.45, 7) is 2.60. The molecule has 0 radical (unpaired) electrons. The fourth-order valence-electron chi connectivity index (χ4n) is 1.63. The second-order valence-corrected chi connectivity index (χ2v) is 6.10. The van der Waals surface area contributed by atoms with Crippen LogP contribution in [-0.4, -0.2) is 16.7 Å². The van der Waals surface area contributed by atoms with Crippen molar-refractivity contribution in [2.45, 2.75) is 19.4 Å². The zero-order valence-electron chi connectivity index (χ0n) is 12.3. The maximum absolute atomic E-state index is 14.0. The van der Waals surface area contributed by atoms with Gasteiger partial charge in [0.1, 0.15) is 5.75 Å². The van der Waals surface area contributed by atoms with Gasteiger partial charge in [-0.1, -0.05) is 15.9 Å². The summed E-state index contributed by atoms with van der Waals surface area (Å²) in [6.07, 6.45) is 0. The Kier molecular flexibility index (Phi) is 4.89. The molecule has 0 bridgehead atoms. The minimum atomic E-state index is -1.58. The molecule has 122 valence electrons. The van der Waals surface area contributed by atoms with Crippen LogP contribution in [-0.2, 0) is 4.79 Å². The zero-order chi connectivity index (χ0) is 17.2. The molecule has 0 aliphatic heterocycles. The van der Waals surface area contributed by atoms with Gasteiger partial charge in [0.2, 0.25) is 0 Å². The first-order chi connectivity index (χ1) is 10.7. The lowest BCUT2D eigenvalue weighted by atomic mass is 10.1. The molecule has 7 heteroatoms. The van der Waals surface area contributed by atoms with Gasteiger partial charge in [-0.2, -0.15) is 0 Å². The highest BCUT2D eigenvalue weighted by Crippen LogP contribution is 2.31. The van der Waals surface area contributed by atoms with Crippen LogP contribution >= 0.6 is 15.9 Å². The van der Waals surface area contributed by atoms with Gasteiger partial charge in [0.05, 0.1) is 0 Å². The molecule has 0 aliphatic carbocycles. The lowest BCUT2D eigenvalue weighted by Crippen LogP contribution is -2.38. The van der Waals surface area contributed by atoms with Crippen LogP contribution < -0.4 is 9.47 Å². The van der Waals surface area contributed by atoms with Crippen molar-refractivity contribution in [1.82, 2.24) is 0 Å². The van der Waals surface area contributed by atoms with E-state index in [2.05, 4.69) is 15.9 Å². The van der Waals surface area contributed by atoms with Crippen molar-refractivity contribution in [2.24, 2.45) is 0 Å². The first-order valence-electron chi connectivity index (χ1n) is 6.54. The normalized spacial score (nSPS) is 11.2. The molecule has 2 aromatic rings. The van der Waals surface area contributed by atoms with E-state index in [1.54, 1.807) is 6.07 Å².